The van der Waals surface area contributed by atoms with Crippen LogP contribution in [0.25, 0.3) is 44.2 Å². The molecule has 1 unspecified atom stereocenters. The lowest BCUT2D eigenvalue weighted by molar-refractivity contribution is 0.358. The zero-order chi connectivity index (χ0) is 42.9. The molecule has 308 valence electrons. The van der Waals surface area contributed by atoms with Crippen molar-refractivity contribution < 1.29 is 9.47 Å². The van der Waals surface area contributed by atoms with Crippen molar-refractivity contribution in [2.45, 2.75) is 18.3 Å². The Kier molecular flexibility index (Phi) is 8.53. The zero-order valence-electron chi connectivity index (χ0n) is 35.6. The lowest BCUT2D eigenvalue weighted by atomic mass is 9.65. The van der Waals surface area contributed by atoms with Crippen LogP contribution in [0.1, 0.15) is 35.1 Å². The number of nitrogens with zero attached hydrogens (tertiary/aromatic N) is 2. The van der Waals surface area contributed by atoms with E-state index < -0.39 is 5.41 Å². The van der Waals surface area contributed by atoms with E-state index in [0.29, 0.717) is 0 Å². The van der Waals surface area contributed by atoms with Crippen molar-refractivity contribution in [3.05, 3.63) is 258 Å². The molecule has 1 atom stereocenters. The number of para-hydroxylation sites is 4. The third-order valence-electron chi connectivity index (χ3n) is 13.6. The van der Waals surface area contributed by atoms with Gasteiger partial charge in [-0.3, -0.25) is 0 Å². The van der Waals surface area contributed by atoms with Crippen LogP contribution in [-0.4, -0.2) is 4.57 Å². The van der Waals surface area contributed by atoms with Gasteiger partial charge in [-0.2, -0.15) is 0 Å². The summed E-state index contributed by atoms with van der Waals surface area (Å²) in [5.41, 5.74) is 16.0. The number of allylic oxidation sites excluding steroid dienone is 4. The van der Waals surface area contributed by atoms with E-state index >= 15 is 0 Å². The van der Waals surface area contributed by atoms with Gasteiger partial charge in [-0.15, -0.1) is 0 Å². The molecule has 13 rings (SSSR count). The van der Waals surface area contributed by atoms with E-state index in [1.165, 1.54) is 60.8 Å². The maximum absolute atomic E-state index is 6.79. The molecule has 9 aromatic carbocycles. The number of hydrogen-bond donors (Lipinski definition) is 0. The Hall–Kier alpha value is -8.34. The number of ether oxygens (including phenoxy) is 2. The van der Waals surface area contributed by atoms with Crippen molar-refractivity contribution in [3.63, 3.8) is 0 Å². The molecule has 0 saturated heterocycles. The van der Waals surface area contributed by atoms with Gasteiger partial charge in [0.25, 0.3) is 0 Å². The highest BCUT2D eigenvalue weighted by atomic mass is 16.6. The minimum atomic E-state index is -0.545. The third-order valence-corrected chi connectivity index (χ3v) is 13.6. The van der Waals surface area contributed by atoms with E-state index in [-0.39, 0.29) is 0 Å². The predicted octanol–water partition coefficient (Wildman–Crippen LogP) is 16.3. The summed E-state index contributed by atoms with van der Waals surface area (Å²) < 4.78 is 15.7. The summed E-state index contributed by atoms with van der Waals surface area (Å²) in [5, 5.41) is 2.51. The van der Waals surface area contributed by atoms with Crippen molar-refractivity contribution >= 4 is 44.4 Å². The Morgan fingerprint density at radius 3 is 1.66 bits per heavy atom. The smallest absolute Gasteiger partial charge is 0.178 e. The van der Waals surface area contributed by atoms with E-state index in [2.05, 4.69) is 216 Å². The molecule has 4 heteroatoms. The lowest BCUT2D eigenvalue weighted by Gasteiger charge is -2.37. The van der Waals surface area contributed by atoms with Gasteiger partial charge in [0.05, 0.1) is 16.4 Å². The summed E-state index contributed by atoms with van der Waals surface area (Å²) in [6.07, 6.45) is 6.52. The Morgan fingerprint density at radius 2 is 0.985 bits per heavy atom. The van der Waals surface area contributed by atoms with Crippen LogP contribution in [0.5, 0.6) is 23.0 Å². The fourth-order valence-corrected chi connectivity index (χ4v) is 10.8. The lowest BCUT2D eigenvalue weighted by Crippen LogP contribution is -2.30. The average Bonchev–Trinajstić information content (AvgIpc) is 3.88. The Bertz CT molecular complexity index is 3460. The molecule has 0 amide bonds. The Labute approximate surface area is 378 Å². The summed E-state index contributed by atoms with van der Waals surface area (Å²) in [5.74, 6) is 2.99. The minimum Gasteiger partial charge on any atom is -0.449 e. The third kappa shape index (κ3) is 5.77. The highest BCUT2D eigenvalue weighted by Gasteiger charge is 2.49. The highest BCUT2D eigenvalue weighted by molar-refractivity contribution is 6.09. The molecule has 1 aliphatic heterocycles. The highest BCUT2D eigenvalue weighted by Crippen LogP contribution is 2.62. The second-order valence-corrected chi connectivity index (χ2v) is 17.1. The van der Waals surface area contributed by atoms with Crippen LogP contribution in [0.2, 0.25) is 0 Å². The van der Waals surface area contributed by atoms with E-state index in [9.17, 15) is 0 Å². The van der Waals surface area contributed by atoms with Crippen molar-refractivity contribution in [1.29, 1.82) is 0 Å². The summed E-state index contributed by atoms with van der Waals surface area (Å²) in [7, 11) is 0. The van der Waals surface area contributed by atoms with Crippen molar-refractivity contribution in [3.8, 4) is 39.8 Å². The molecule has 0 saturated carbocycles. The number of hydrogen-bond acceptors (Lipinski definition) is 3. The standard InChI is InChI=1S/C61H42N2O2/c1-3-15-41(16-4-1)42-27-31-45(32-28-42)62(47-35-37-48(38-36-47)63-54-23-11-8-19-49(54)50-20-9-12-24-55(50)63)46-33-29-44(30-34-46)61(43-17-5-2-6-18-43)52-22-10-7-21-51(52)59-53(61)39-40-58-60(59)65-57-26-14-13-25-56(57)64-58/h1-9,11-21,23-40H,10,22H2. The van der Waals surface area contributed by atoms with Gasteiger partial charge < -0.3 is 18.9 Å². The summed E-state index contributed by atoms with van der Waals surface area (Å²) in [6, 6.07) is 78.6. The van der Waals surface area contributed by atoms with Crippen LogP contribution in [0.3, 0.4) is 0 Å². The Morgan fingerprint density at radius 1 is 0.446 bits per heavy atom. The summed E-state index contributed by atoms with van der Waals surface area (Å²) in [4.78, 5) is 2.37. The molecular weight excluding hydrogens is 793 g/mol. The van der Waals surface area contributed by atoms with Gasteiger partial charge in [-0.05, 0) is 131 Å². The quantitative estimate of drug-likeness (QED) is 0.160. The molecule has 2 heterocycles. The van der Waals surface area contributed by atoms with Crippen LogP contribution >= 0.6 is 0 Å². The fraction of sp³-hybridized carbons (Fsp3) is 0.0492. The molecule has 10 aromatic rings. The van der Waals surface area contributed by atoms with E-state index in [0.717, 1.165) is 64.2 Å². The first-order valence-electron chi connectivity index (χ1n) is 22.5. The molecule has 3 aliphatic rings. The van der Waals surface area contributed by atoms with Crippen LogP contribution in [0.4, 0.5) is 17.1 Å². The molecule has 0 spiro atoms. The number of aromatic nitrogens is 1. The van der Waals surface area contributed by atoms with E-state index in [1.54, 1.807) is 0 Å². The van der Waals surface area contributed by atoms with Crippen molar-refractivity contribution in [2.75, 3.05) is 4.90 Å². The SMILES string of the molecule is C1=CC2=C(CC1)C(c1ccccc1)(c1ccc(N(c3ccc(-c4ccccc4)cc3)c3ccc(-n4c5ccccc5c5ccccc54)cc3)cc1)c1ccc3c(c12)Oc1ccccc1O3. The maximum Gasteiger partial charge on any atom is 0.178 e. The number of benzene rings is 9. The van der Waals surface area contributed by atoms with Crippen LogP contribution in [0, 0.1) is 0 Å². The molecule has 0 fully saturated rings. The maximum atomic E-state index is 6.79. The van der Waals surface area contributed by atoms with Crippen molar-refractivity contribution in [2.24, 2.45) is 0 Å². The topological polar surface area (TPSA) is 26.6 Å². The summed E-state index contributed by atoms with van der Waals surface area (Å²) >= 11 is 0. The fourth-order valence-electron chi connectivity index (χ4n) is 10.8. The monoisotopic (exact) mass is 834 g/mol. The Balaban J connectivity index is 0.960. The molecule has 0 bridgehead atoms. The van der Waals surface area contributed by atoms with Crippen LogP contribution in [-0.2, 0) is 5.41 Å². The number of anilines is 3. The second-order valence-electron chi connectivity index (χ2n) is 17.1. The minimum absolute atomic E-state index is 0.545. The molecular formula is C61H42N2O2. The van der Waals surface area contributed by atoms with E-state index in [4.69, 9.17) is 9.47 Å². The molecule has 2 aliphatic carbocycles. The summed E-state index contributed by atoms with van der Waals surface area (Å²) in [6.45, 7) is 0. The molecule has 0 N–H and O–H groups in total. The second kappa shape index (κ2) is 14.9. The molecule has 4 nitrogen and oxygen atoms in total. The van der Waals surface area contributed by atoms with Crippen LogP contribution in [0.15, 0.2) is 236 Å². The van der Waals surface area contributed by atoms with Gasteiger partial charge in [0.2, 0.25) is 0 Å². The molecule has 1 aromatic heterocycles. The normalized spacial score (nSPS) is 15.8. The first-order chi connectivity index (χ1) is 32.2. The first-order valence-corrected chi connectivity index (χ1v) is 22.5. The average molecular weight is 835 g/mol. The van der Waals surface area contributed by atoms with Crippen LogP contribution < -0.4 is 14.4 Å². The first kappa shape index (κ1) is 37.2. The van der Waals surface area contributed by atoms with Crippen molar-refractivity contribution in [1.82, 2.24) is 4.57 Å². The predicted molar refractivity (Wildman–Crippen MR) is 266 cm³/mol. The van der Waals surface area contributed by atoms with Gasteiger partial charge in [0.15, 0.2) is 23.0 Å². The number of fused-ring (bicyclic) bond motifs is 8. The van der Waals surface area contributed by atoms with Gasteiger partial charge in [0.1, 0.15) is 0 Å². The molecule has 65 heavy (non-hydrogen) atoms. The zero-order valence-corrected chi connectivity index (χ0v) is 35.6. The van der Waals surface area contributed by atoms with Gasteiger partial charge in [-0.1, -0.05) is 152 Å². The molecule has 0 radical (unpaired) electrons. The van der Waals surface area contributed by atoms with Gasteiger partial charge >= 0.3 is 0 Å². The van der Waals surface area contributed by atoms with Gasteiger partial charge in [0, 0.05) is 39.1 Å². The van der Waals surface area contributed by atoms with Gasteiger partial charge in [-0.25, -0.2) is 0 Å². The number of rotatable bonds is 7. The largest absolute Gasteiger partial charge is 0.449 e. The van der Waals surface area contributed by atoms with E-state index in [1.807, 2.05) is 24.3 Å².